The molecule has 1 N–H and O–H groups in total. The van der Waals surface area contributed by atoms with E-state index < -0.39 is 6.10 Å². The smallest absolute Gasteiger partial charge is 0.132 e. The second kappa shape index (κ2) is 5.09. The summed E-state index contributed by atoms with van der Waals surface area (Å²) in [5.41, 5.74) is 0.930. The van der Waals surface area contributed by atoms with E-state index in [1.54, 1.807) is 29.1 Å². The molecule has 2 atom stereocenters. The normalized spacial score (nSPS) is 23.5. The van der Waals surface area contributed by atoms with Crippen LogP contribution in [0.3, 0.4) is 0 Å². The van der Waals surface area contributed by atoms with E-state index in [4.69, 9.17) is 0 Å². The second-order valence-electron chi connectivity index (χ2n) is 4.79. The van der Waals surface area contributed by atoms with Gasteiger partial charge in [0.1, 0.15) is 11.5 Å². The minimum Gasteiger partial charge on any atom is -0.391 e. The SMILES string of the molecule is O[C@@H]1[CH]CCC[C@@H]1n1cc(-c2ccccc2F)nn1. The number of hydrogen-bond donors (Lipinski definition) is 1. The maximum absolute atomic E-state index is 13.7. The third-order valence-corrected chi connectivity index (χ3v) is 3.51. The van der Waals surface area contributed by atoms with Crippen molar-refractivity contribution in [1.82, 2.24) is 15.0 Å². The molecule has 5 heteroatoms. The highest BCUT2D eigenvalue weighted by molar-refractivity contribution is 5.58. The number of aromatic nitrogens is 3. The van der Waals surface area contributed by atoms with Crippen LogP contribution < -0.4 is 0 Å². The summed E-state index contributed by atoms with van der Waals surface area (Å²) in [7, 11) is 0. The molecule has 1 saturated carbocycles. The average Bonchev–Trinajstić information content (AvgIpc) is 2.89. The topological polar surface area (TPSA) is 50.9 Å². The molecule has 2 aromatic rings. The molecule has 19 heavy (non-hydrogen) atoms. The Kier molecular flexibility index (Phi) is 3.29. The molecular formula is C14H15FN3O. The number of aliphatic hydroxyl groups is 1. The average molecular weight is 260 g/mol. The van der Waals surface area contributed by atoms with Gasteiger partial charge in [-0.2, -0.15) is 0 Å². The van der Waals surface area contributed by atoms with Gasteiger partial charge in [-0.05, 0) is 31.4 Å². The summed E-state index contributed by atoms with van der Waals surface area (Å²) in [6.45, 7) is 0. The van der Waals surface area contributed by atoms with E-state index in [2.05, 4.69) is 10.3 Å². The number of aliphatic hydroxyl groups excluding tert-OH is 1. The molecule has 1 aromatic carbocycles. The molecule has 0 spiro atoms. The molecule has 1 fully saturated rings. The Balaban J connectivity index is 1.89. The van der Waals surface area contributed by atoms with E-state index in [1.807, 2.05) is 6.42 Å². The van der Waals surface area contributed by atoms with Crippen molar-refractivity contribution >= 4 is 0 Å². The van der Waals surface area contributed by atoms with E-state index in [0.29, 0.717) is 11.3 Å². The number of rotatable bonds is 2. The first kappa shape index (κ1) is 12.3. The van der Waals surface area contributed by atoms with Crippen LogP contribution in [0.2, 0.25) is 0 Å². The minimum atomic E-state index is -0.510. The third-order valence-electron chi connectivity index (χ3n) is 3.51. The van der Waals surface area contributed by atoms with Gasteiger partial charge in [0, 0.05) is 5.56 Å². The maximum Gasteiger partial charge on any atom is 0.132 e. The predicted molar refractivity (Wildman–Crippen MR) is 68.6 cm³/mol. The van der Waals surface area contributed by atoms with Gasteiger partial charge < -0.3 is 5.11 Å². The number of halogens is 1. The Morgan fingerprint density at radius 2 is 2.16 bits per heavy atom. The fourth-order valence-electron chi connectivity index (χ4n) is 2.46. The zero-order valence-corrected chi connectivity index (χ0v) is 10.4. The molecule has 0 bridgehead atoms. The Morgan fingerprint density at radius 3 is 2.95 bits per heavy atom. The van der Waals surface area contributed by atoms with Crippen LogP contribution in [0.5, 0.6) is 0 Å². The lowest BCUT2D eigenvalue weighted by Crippen LogP contribution is -2.28. The zero-order valence-electron chi connectivity index (χ0n) is 10.4. The van der Waals surface area contributed by atoms with Crippen LogP contribution in [-0.4, -0.2) is 26.2 Å². The second-order valence-corrected chi connectivity index (χ2v) is 4.79. The molecule has 1 aliphatic rings. The Morgan fingerprint density at radius 1 is 1.32 bits per heavy atom. The summed E-state index contributed by atoms with van der Waals surface area (Å²) in [6, 6.07) is 6.39. The van der Waals surface area contributed by atoms with Crippen molar-refractivity contribution in [3.63, 3.8) is 0 Å². The fraction of sp³-hybridized carbons (Fsp3) is 0.357. The van der Waals surface area contributed by atoms with E-state index in [0.717, 1.165) is 19.3 Å². The van der Waals surface area contributed by atoms with Crippen LogP contribution in [-0.2, 0) is 0 Å². The van der Waals surface area contributed by atoms with Gasteiger partial charge in [0.2, 0.25) is 0 Å². The van der Waals surface area contributed by atoms with Gasteiger partial charge in [-0.15, -0.1) is 5.10 Å². The maximum atomic E-state index is 13.7. The molecule has 4 nitrogen and oxygen atoms in total. The number of benzene rings is 1. The van der Waals surface area contributed by atoms with Crippen LogP contribution in [0.4, 0.5) is 4.39 Å². The van der Waals surface area contributed by atoms with Crippen molar-refractivity contribution in [3.8, 4) is 11.3 Å². The van der Waals surface area contributed by atoms with Crippen molar-refractivity contribution in [1.29, 1.82) is 0 Å². The predicted octanol–water partition coefficient (Wildman–Crippen LogP) is 2.37. The van der Waals surface area contributed by atoms with Crippen molar-refractivity contribution in [2.45, 2.75) is 31.4 Å². The highest BCUT2D eigenvalue weighted by atomic mass is 19.1. The van der Waals surface area contributed by atoms with Crippen molar-refractivity contribution in [2.24, 2.45) is 0 Å². The molecule has 0 amide bonds. The minimum absolute atomic E-state index is 0.0956. The first-order valence-corrected chi connectivity index (χ1v) is 6.44. The summed E-state index contributed by atoms with van der Waals surface area (Å²) in [5, 5.41) is 18.0. The van der Waals surface area contributed by atoms with Gasteiger partial charge in [-0.3, -0.25) is 0 Å². The Labute approximate surface area is 110 Å². The highest BCUT2D eigenvalue weighted by Crippen LogP contribution is 2.28. The van der Waals surface area contributed by atoms with Gasteiger partial charge in [0.15, 0.2) is 0 Å². The van der Waals surface area contributed by atoms with Gasteiger partial charge >= 0.3 is 0 Å². The number of nitrogens with zero attached hydrogens (tertiary/aromatic N) is 3. The Hall–Kier alpha value is -1.75. The van der Waals surface area contributed by atoms with Crippen LogP contribution >= 0.6 is 0 Å². The standard InChI is InChI=1S/C14H15FN3O/c15-11-6-2-1-5-10(11)12-9-18(17-16-12)13-7-3-4-8-14(13)19/h1-2,5-6,8-9,13-14,19H,3-4,7H2/t13-,14+/m0/s1. The largest absolute Gasteiger partial charge is 0.391 e. The first-order valence-electron chi connectivity index (χ1n) is 6.44. The highest BCUT2D eigenvalue weighted by Gasteiger charge is 2.26. The van der Waals surface area contributed by atoms with Crippen LogP contribution in [0.25, 0.3) is 11.3 Å². The van der Waals surface area contributed by atoms with Crippen LogP contribution in [0, 0.1) is 12.2 Å². The van der Waals surface area contributed by atoms with Crippen molar-refractivity contribution in [2.75, 3.05) is 0 Å². The van der Waals surface area contributed by atoms with E-state index >= 15 is 0 Å². The third kappa shape index (κ3) is 2.38. The van der Waals surface area contributed by atoms with Gasteiger partial charge in [-0.1, -0.05) is 23.8 Å². The molecule has 0 saturated heterocycles. The molecule has 1 aliphatic carbocycles. The van der Waals surface area contributed by atoms with Crippen molar-refractivity contribution < 1.29 is 9.50 Å². The fourth-order valence-corrected chi connectivity index (χ4v) is 2.46. The van der Waals surface area contributed by atoms with Crippen molar-refractivity contribution in [3.05, 3.63) is 42.7 Å². The summed E-state index contributed by atoms with van der Waals surface area (Å²) in [6.07, 6.45) is 5.88. The molecule has 0 unspecified atom stereocenters. The summed E-state index contributed by atoms with van der Waals surface area (Å²) >= 11 is 0. The van der Waals surface area contributed by atoms with Gasteiger partial charge in [0.05, 0.1) is 18.3 Å². The summed E-state index contributed by atoms with van der Waals surface area (Å²) in [5.74, 6) is -0.315. The van der Waals surface area contributed by atoms with Gasteiger partial charge in [-0.25, -0.2) is 9.07 Å². The summed E-state index contributed by atoms with van der Waals surface area (Å²) in [4.78, 5) is 0. The summed E-state index contributed by atoms with van der Waals surface area (Å²) < 4.78 is 15.3. The van der Waals surface area contributed by atoms with Crippen LogP contribution in [0.1, 0.15) is 25.3 Å². The monoisotopic (exact) mass is 260 g/mol. The van der Waals surface area contributed by atoms with Crippen LogP contribution in [0.15, 0.2) is 30.5 Å². The van der Waals surface area contributed by atoms with E-state index in [1.165, 1.54) is 6.07 Å². The quantitative estimate of drug-likeness (QED) is 0.902. The molecule has 1 heterocycles. The van der Waals surface area contributed by atoms with E-state index in [-0.39, 0.29) is 11.9 Å². The first-order chi connectivity index (χ1) is 9.25. The Bertz CT molecular complexity index is 569. The molecule has 1 radical (unpaired) electrons. The molecule has 0 aliphatic heterocycles. The molecule has 1 aromatic heterocycles. The lowest BCUT2D eigenvalue weighted by atomic mass is 9.93. The zero-order chi connectivity index (χ0) is 13.2. The van der Waals surface area contributed by atoms with Gasteiger partial charge in [0.25, 0.3) is 0 Å². The lowest BCUT2D eigenvalue weighted by Gasteiger charge is -2.26. The molecule has 3 rings (SSSR count). The lowest BCUT2D eigenvalue weighted by molar-refractivity contribution is 0.107. The molecular weight excluding hydrogens is 245 g/mol. The van der Waals surface area contributed by atoms with E-state index in [9.17, 15) is 9.50 Å². The number of hydrogen-bond acceptors (Lipinski definition) is 3. The molecule has 99 valence electrons.